The normalized spacial score (nSPS) is 11.2. The Bertz CT molecular complexity index is 2920. The standard InChI is InChI=1S/C54H37NO/c1-3-14-38(15-4-1)40-30-34-45(35-31-40)55(51-24-11-9-21-49(51)54-53(44-17-5-2-6-18-44)50-22-10-12-25-52(50)56-54)46-36-32-41(33-37-46)39-26-28-43(29-27-39)48-23-13-19-42-16-7-8-20-47(42)48/h1-37H. The number of furan rings is 1. The molecule has 0 aliphatic heterocycles. The third-order valence-corrected chi connectivity index (χ3v) is 10.7. The first-order valence-corrected chi connectivity index (χ1v) is 19.1. The molecule has 2 nitrogen and oxygen atoms in total. The van der Waals surface area contributed by atoms with Gasteiger partial charge in [-0.1, -0.05) is 182 Å². The zero-order valence-electron chi connectivity index (χ0n) is 30.7. The molecule has 0 aliphatic carbocycles. The number of hydrogen-bond acceptors (Lipinski definition) is 2. The van der Waals surface area contributed by atoms with Crippen molar-refractivity contribution in [2.75, 3.05) is 4.90 Å². The van der Waals surface area contributed by atoms with E-state index >= 15 is 0 Å². The minimum absolute atomic E-state index is 0.849. The quantitative estimate of drug-likeness (QED) is 0.156. The lowest BCUT2D eigenvalue weighted by Gasteiger charge is -2.28. The molecule has 264 valence electrons. The van der Waals surface area contributed by atoms with Crippen LogP contribution in [0.4, 0.5) is 17.1 Å². The van der Waals surface area contributed by atoms with Gasteiger partial charge in [0.05, 0.1) is 5.69 Å². The molecule has 0 N–H and O–H groups in total. The summed E-state index contributed by atoms with van der Waals surface area (Å²) in [6, 6.07) is 79.8. The second-order valence-corrected chi connectivity index (χ2v) is 14.1. The highest BCUT2D eigenvalue weighted by Gasteiger charge is 2.23. The molecule has 0 atom stereocenters. The fourth-order valence-corrected chi connectivity index (χ4v) is 7.97. The van der Waals surface area contributed by atoms with Gasteiger partial charge in [0.25, 0.3) is 0 Å². The average Bonchev–Trinajstić information content (AvgIpc) is 3.67. The van der Waals surface area contributed by atoms with E-state index in [0.717, 1.165) is 56.0 Å². The highest BCUT2D eigenvalue weighted by molar-refractivity contribution is 6.04. The van der Waals surface area contributed by atoms with Gasteiger partial charge < -0.3 is 9.32 Å². The fraction of sp³-hybridized carbons (Fsp3) is 0. The average molecular weight is 716 g/mol. The zero-order chi connectivity index (χ0) is 37.3. The van der Waals surface area contributed by atoms with Gasteiger partial charge in [0.1, 0.15) is 11.3 Å². The van der Waals surface area contributed by atoms with E-state index in [0.29, 0.717) is 0 Å². The molecular formula is C54H37NO. The Morgan fingerprint density at radius 2 is 0.768 bits per heavy atom. The van der Waals surface area contributed by atoms with Crippen molar-refractivity contribution in [3.63, 3.8) is 0 Å². The predicted octanol–water partition coefficient (Wildman–Crippen LogP) is 15.4. The first-order valence-electron chi connectivity index (χ1n) is 19.1. The van der Waals surface area contributed by atoms with E-state index in [9.17, 15) is 0 Å². The maximum Gasteiger partial charge on any atom is 0.145 e. The monoisotopic (exact) mass is 715 g/mol. The Labute approximate surface area is 327 Å². The minimum atomic E-state index is 0.849. The second-order valence-electron chi connectivity index (χ2n) is 14.1. The molecule has 0 saturated carbocycles. The summed E-state index contributed by atoms with van der Waals surface area (Å²) in [5.74, 6) is 0.849. The van der Waals surface area contributed by atoms with Gasteiger partial charge in [-0.15, -0.1) is 0 Å². The maximum atomic E-state index is 6.79. The van der Waals surface area contributed by atoms with Crippen molar-refractivity contribution in [2.45, 2.75) is 0 Å². The van der Waals surface area contributed by atoms with Gasteiger partial charge in [0, 0.05) is 27.9 Å². The Balaban J connectivity index is 1.08. The summed E-state index contributed by atoms with van der Waals surface area (Å²) < 4.78 is 6.79. The summed E-state index contributed by atoms with van der Waals surface area (Å²) in [7, 11) is 0. The van der Waals surface area contributed by atoms with E-state index in [-0.39, 0.29) is 0 Å². The summed E-state index contributed by atoms with van der Waals surface area (Å²) >= 11 is 0. The topological polar surface area (TPSA) is 16.4 Å². The summed E-state index contributed by atoms with van der Waals surface area (Å²) in [5.41, 5.74) is 14.4. The largest absolute Gasteiger partial charge is 0.455 e. The SMILES string of the molecule is c1ccc(-c2ccc(N(c3ccc(-c4ccc(-c5cccc6ccccc56)cc4)cc3)c3ccccc3-c3oc4ccccc4c3-c3ccccc3)cc2)cc1. The Kier molecular flexibility index (Phi) is 8.55. The van der Waals surface area contributed by atoms with Gasteiger partial charge >= 0.3 is 0 Å². The van der Waals surface area contributed by atoms with E-state index < -0.39 is 0 Å². The first kappa shape index (κ1) is 33.2. The Morgan fingerprint density at radius 1 is 0.304 bits per heavy atom. The second kappa shape index (κ2) is 14.4. The smallest absolute Gasteiger partial charge is 0.145 e. The molecule has 1 aromatic heterocycles. The summed E-state index contributed by atoms with van der Waals surface area (Å²) in [4.78, 5) is 2.35. The zero-order valence-corrected chi connectivity index (χ0v) is 30.7. The number of benzene rings is 9. The molecule has 0 aliphatic rings. The Hall–Kier alpha value is -7.42. The van der Waals surface area contributed by atoms with Crippen LogP contribution >= 0.6 is 0 Å². The fourth-order valence-electron chi connectivity index (χ4n) is 7.97. The lowest BCUT2D eigenvalue weighted by atomic mass is 9.96. The van der Waals surface area contributed by atoms with Crippen LogP contribution in [-0.2, 0) is 0 Å². The van der Waals surface area contributed by atoms with Crippen molar-refractivity contribution >= 4 is 38.8 Å². The van der Waals surface area contributed by atoms with Crippen LogP contribution in [0.25, 0.3) is 77.6 Å². The number of para-hydroxylation sites is 2. The van der Waals surface area contributed by atoms with Crippen LogP contribution in [0.2, 0.25) is 0 Å². The minimum Gasteiger partial charge on any atom is -0.455 e. The molecule has 56 heavy (non-hydrogen) atoms. The Morgan fingerprint density at radius 3 is 1.45 bits per heavy atom. The highest BCUT2D eigenvalue weighted by Crippen LogP contribution is 2.47. The number of nitrogens with zero attached hydrogens (tertiary/aromatic N) is 1. The molecule has 10 rings (SSSR count). The molecule has 10 aromatic rings. The molecule has 0 amide bonds. The van der Waals surface area contributed by atoms with Crippen LogP contribution in [0.15, 0.2) is 229 Å². The van der Waals surface area contributed by atoms with Crippen molar-refractivity contribution in [1.82, 2.24) is 0 Å². The van der Waals surface area contributed by atoms with E-state index in [4.69, 9.17) is 4.42 Å². The molecule has 0 bridgehead atoms. The predicted molar refractivity (Wildman–Crippen MR) is 236 cm³/mol. The lowest BCUT2D eigenvalue weighted by molar-refractivity contribution is 0.632. The molecule has 2 heteroatoms. The van der Waals surface area contributed by atoms with Gasteiger partial charge in [-0.3, -0.25) is 0 Å². The van der Waals surface area contributed by atoms with Crippen molar-refractivity contribution in [2.24, 2.45) is 0 Å². The lowest BCUT2D eigenvalue weighted by Crippen LogP contribution is -2.11. The van der Waals surface area contributed by atoms with Gasteiger partial charge in [0.2, 0.25) is 0 Å². The number of anilines is 3. The number of hydrogen-bond donors (Lipinski definition) is 0. The van der Waals surface area contributed by atoms with E-state index in [1.165, 1.54) is 38.6 Å². The van der Waals surface area contributed by atoms with Gasteiger partial charge in [0.15, 0.2) is 0 Å². The third kappa shape index (κ3) is 6.14. The number of fused-ring (bicyclic) bond motifs is 2. The molecule has 0 unspecified atom stereocenters. The van der Waals surface area contributed by atoms with Crippen molar-refractivity contribution in [3.05, 3.63) is 224 Å². The molecule has 0 radical (unpaired) electrons. The molecular weight excluding hydrogens is 679 g/mol. The summed E-state index contributed by atoms with van der Waals surface area (Å²) in [6.07, 6.45) is 0. The highest BCUT2D eigenvalue weighted by atomic mass is 16.3. The van der Waals surface area contributed by atoms with Crippen molar-refractivity contribution in [3.8, 4) is 55.8 Å². The van der Waals surface area contributed by atoms with Crippen LogP contribution in [0.3, 0.4) is 0 Å². The van der Waals surface area contributed by atoms with Crippen LogP contribution in [-0.4, -0.2) is 0 Å². The first-order chi connectivity index (χ1) is 27.8. The molecule has 1 heterocycles. The number of rotatable bonds is 8. The van der Waals surface area contributed by atoms with Gasteiger partial charge in [-0.2, -0.15) is 0 Å². The van der Waals surface area contributed by atoms with Crippen LogP contribution in [0.1, 0.15) is 0 Å². The van der Waals surface area contributed by atoms with E-state index in [2.05, 4.69) is 223 Å². The third-order valence-electron chi connectivity index (χ3n) is 10.7. The van der Waals surface area contributed by atoms with Gasteiger partial charge in [-0.25, -0.2) is 0 Å². The summed E-state index contributed by atoms with van der Waals surface area (Å²) in [6.45, 7) is 0. The van der Waals surface area contributed by atoms with Crippen LogP contribution in [0.5, 0.6) is 0 Å². The summed E-state index contributed by atoms with van der Waals surface area (Å²) in [5, 5.41) is 3.61. The maximum absolute atomic E-state index is 6.79. The molecule has 0 fully saturated rings. The van der Waals surface area contributed by atoms with Gasteiger partial charge in [-0.05, 0) is 92.2 Å². The van der Waals surface area contributed by atoms with Crippen LogP contribution in [0, 0.1) is 0 Å². The van der Waals surface area contributed by atoms with Crippen LogP contribution < -0.4 is 4.90 Å². The molecule has 0 saturated heterocycles. The molecule has 0 spiro atoms. The van der Waals surface area contributed by atoms with E-state index in [1.807, 2.05) is 6.07 Å². The van der Waals surface area contributed by atoms with Crippen molar-refractivity contribution in [1.29, 1.82) is 0 Å². The van der Waals surface area contributed by atoms with Crippen molar-refractivity contribution < 1.29 is 4.42 Å². The molecule has 9 aromatic carbocycles. The van der Waals surface area contributed by atoms with E-state index in [1.54, 1.807) is 0 Å².